The number of halogens is 4. The summed E-state index contributed by atoms with van der Waals surface area (Å²) in [6, 6.07) is 24.4. The first kappa shape index (κ1) is 20.7. The molecule has 3 aromatic rings. The van der Waals surface area contributed by atoms with E-state index in [0.29, 0.717) is 21.2 Å². The molecule has 7 heteroatoms. The summed E-state index contributed by atoms with van der Waals surface area (Å²) >= 11 is 24.8. The molecule has 0 spiro atoms. The Labute approximate surface area is 178 Å². The predicted octanol–water partition coefficient (Wildman–Crippen LogP) is 6.27. The Balaban J connectivity index is 2.12. The quantitative estimate of drug-likeness (QED) is 0.360. The molecule has 0 bridgehead atoms. The fourth-order valence-electron chi connectivity index (χ4n) is 2.75. The maximum Gasteiger partial charge on any atom is 0.210 e. The third kappa shape index (κ3) is 4.90. The molecule has 2 nitrogen and oxygen atoms in total. The average molecular weight is 459 g/mol. The summed E-state index contributed by atoms with van der Waals surface area (Å²) in [4.78, 5) is 0. The number of alkyl halides is 3. The summed E-state index contributed by atoms with van der Waals surface area (Å²) in [7, 11) is -3.29. The first-order valence-corrected chi connectivity index (χ1v) is 11.3. The van der Waals surface area contributed by atoms with E-state index in [9.17, 15) is 4.57 Å². The van der Waals surface area contributed by atoms with Crippen molar-refractivity contribution in [2.75, 3.05) is 0 Å². The van der Waals surface area contributed by atoms with Crippen LogP contribution in [0.1, 0.15) is 11.6 Å². The van der Waals surface area contributed by atoms with Crippen molar-refractivity contribution in [3.05, 3.63) is 95.5 Å². The van der Waals surface area contributed by atoms with E-state index in [1.54, 1.807) is 48.5 Å². The van der Waals surface area contributed by atoms with E-state index < -0.39 is 17.1 Å². The van der Waals surface area contributed by atoms with Gasteiger partial charge in [0.15, 0.2) is 0 Å². The van der Waals surface area contributed by atoms with Crippen molar-refractivity contribution in [3.63, 3.8) is 0 Å². The molecule has 0 aliphatic rings. The summed E-state index contributed by atoms with van der Waals surface area (Å²) in [5.74, 6) is 0. The number of rotatable bonds is 5. The highest BCUT2D eigenvalue weighted by Gasteiger charge is 2.40. The molecule has 3 aromatic carbocycles. The predicted molar refractivity (Wildman–Crippen MR) is 117 cm³/mol. The summed E-state index contributed by atoms with van der Waals surface area (Å²) in [6.45, 7) is 0. The zero-order valence-electron chi connectivity index (χ0n) is 14.0. The van der Waals surface area contributed by atoms with E-state index in [4.69, 9.17) is 46.4 Å². The Morgan fingerprint density at radius 1 is 0.741 bits per heavy atom. The van der Waals surface area contributed by atoms with E-state index in [0.717, 1.165) is 0 Å². The number of hydrogen-bond acceptors (Lipinski definition) is 1. The number of hydrogen-bond donors (Lipinski definition) is 1. The number of benzene rings is 3. The third-order valence-corrected chi connectivity index (χ3v) is 7.66. The molecule has 0 heterocycles. The smallest absolute Gasteiger partial charge is 0.210 e. The largest absolute Gasteiger partial charge is 0.297 e. The molecule has 0 aromatic heterocycles. The Bertz CT molecular complexity index is 884. The van der Waals surface area contributed by atoms with Gasteiger partial charge in [0.1, 0.15) is 0 Å². The van der Waals surface area contributed by atoms with Crippen molar-refractivity contribution in [2.45, 2.75) is 9.83 Å². The van der Waals surface area contributed by atoms with Crippen LogP contribution in [0.5, 0.6) is 0 Å². The van der Waals surface area contributed by atoms with Gasteiger partial charge in [0.05, 0.1) is 6.04 Å². The van der Waals surface area contributed by atoms with Gasteiger partial charge in [0.2, 0.25) is 11.1 Å². The van der Waals surface area contributed by atoms with Crippen LogP contribution in [0.3, 0.4) is 0 Å². The summed E-state index contributed by atoms with van der Waals surface area (Å²) in [5.41, 5.74) is 0.673. The van der Waals surface area contributed by atoms with Gasteiger partial charge < -0.3 is 0 Å². The third-order valence-electron chi connectivity index (χ3n) is 4.08. The van der Waals surface area contributed by atoms with Gasteiger partial charge in [-0.1, -0.05) is 94.9 Å². The topological polar surface area (TPSA) is 29.1 Å². The van der Waals surface area contributed by atoms with Crippen LogP contribution in [0.2, 0.25) is 5.02 Å². The molecule has 1 atom stereocenters. The van der Waals surface area contributed by atoms with Gasteiger partial charge in [-0.2, -0.15) is 0 Å². The Morgan fingerprint density at radius 2 is 1.19 bits per heavy atom. The van der Waals surface area contributed by atoms with Crippen molar-refractivity contribution in [3.8, 4) is 0 Å². The standard InChI is InChI=1S/C20H16Cl4NOP/c21-16-13-11-15(12-14-16)19(20(22,23)24)25-27(26,17-7-3-1-4-8-17)18-9-5-2-6-10-18/h1-14,19H,(H,25,26). The second-order valence-corrected chi connectivity index (χ2v) is 11.3. The minimum atomic E-state index is -3.29. The van der Waals surface area contributed by atoms with Crippen LogP contribution < -0.4 is 15.7 Å². The lowest BCUT2D eigenvalue weighted by atomic mass is 10.1. The van der Waals surface area contributed by atoms with E-state index >= 15 is 0 Å². The molecule has 0 aliphatic heterocycles. The minimum absolute atomic E-state index is 0.566. The van der Waals surface area contributed by atoms with E-state index in [1.165, 1.54) is 0 Å². The van der Waals surface area contributed by atoms with Gasteiger partial charge in [-0.05, 0) is 42.0 Å². The van der Waals surface area contributed by atoms with Crippen molar-refractivity contribution >= 4 is 64.3 Å². The van der Waals surface area contributed by atoms with E-state index in [2.05, 4.69) is 5.09 Å². The Kier molecular flexibility index (Phi) is 6.58. The molecule has 140 valence electrons. The maximum absolute atomic E-state index is 14.2. The van der Waals surface area contributed by atoms with Crippen LogP contribution in [-0.2, 0) is 4.57 Å². The normalized spacial score (nSPS) is 13.3. The first-order valence-electron chi connectivity index (χ1n) is 8.12. The monoisotopic (exact) mass is 457 g/mol. The molecule has 0 radical (unpaired) electrons. The Morgan fingerprint density at radius 3 is 1.59 bits per heavy atom. The SMILES string of the molecule is O=P(NC(c1ccc(Cl)cc1)C(Cl)(Cl)Cl)(c1ccccc1)c1ccccc1. The summed E-state index contributed by atoms with van der Waals surface area (Å²) in [6.07, 6.45) is 0. The van der Waals surface area contributed by atoms with Crippen LogP contribution in [0.25, 0.3) is 0 Å². The maximum atomic E-state index is 14.2. The molecule has 0 saturated heterocycles. The van der Waals surface area contributed by atoms with Crippen LogP contribution in [0, 0.1) is 0 Å². The van der Waals surface area contributed by atoms with Crippen LogP contribution in [-0.4, -0.2) is 3.79 Å². The van der Waals surface area contributed by atoms with Gasteiger partial charge in [-0.25, -0.2) is 5.09 Å². The van der Waals surface area contributed by atoms with E-state index in [1.807, 2.05) is 36.4 Å². The van der Waals surface area contributed by atoms with Gasteiger partial charge in [-0.3, -0.25) is 4.57 Å². The second kappa shape index (κ2) is 8.57. The van der Waals surface area contributed by atoms with Gasteiger partial charge in [-0.15, -0.1) is 0 Å². The van der Waals surface area contributed by atoms with Crippen molar-refractivity contribution in [1.29, 1.82) is 0 Å². The zero-order valence-corrected chi connectivity index (χ0v) is 17.9. The minimum Gasteiger partial charge on any atom is -0.297 e. The lowest BCUT2D eigenvalue weighted by Crippen LogP contribution is -2.36. The van der Waals surface area contributed by atoms with Gasteiger partial charge in [0.25, 0.3) is 0 Å². The highest BCUT2D eigenvalue weighted by Crippen LogP contribution is 2.48. The molecule has 3 rings (SSSR count). The molecule has 0 amide bonds. The van der Waals surface area contributed by atoms with Crippen molar-refractivity contribution < 1.29 is 4.57 Å². The summed E-state index contributed by atoms with van der Waals surface area (Å²) < 4.78 is 12.5. The molecule has 27 heavy (non-hydrogen) atoms. The first-order chi connectivity index (χ1) is 12.8. The average Bonchev–Trinajstić information content (AvgIpc) is 2.67. The highest BCUT2D eigenvalue weighted by atomic mass is 35.6. The second-order valence-electron chi connectivity index (χ2n) is 5.94. The van der Waals surface area contributed by atoms with Gasteiger partial charge >= 0.3 is 0 Å². The van der Waals surface area contributed by atoms with Crippen LogP contribution in [0.4, 0.5) is 0 Å². The molecular formula is C20H16Cl4NOP. The van der Waals surface area contributed by atoms with Gasteiger partial charge in [0, 0.05) is 15.6 Å². The fourth-order valence-corrected chi connectivity index (χ4v) is 6.13. The molecule has 1 N–H and O–H groups in total. The van der Waals surface area contributed by atoms with Crippen molar-refractivity contribution in [1.82, 2.24) is 5.09 Å². The zero-order chi connectivity index (χ0) is 19.5. The lowest BCUT2D eigenvalue weighted by Gasteiger charge is -2.31. The van der Waals surface area contributed by atoms with E-state index in [-0.39, 0.29) is 0 Å². The molecule has 0 saturated carbocycles. The van der Waals surface area contributed by atoms with Crippen molar-refractivity contribution in [2.24, 2.45) is 0 Å². The molecule has 0 aliphatic carbocycles. The molecule has 0 fully saturated rings. The van der Waals surface area contributed by atoms with Crippen LogP contribution in [0.15, 0.2) is 84.9 Å². The Hall–Kier alpha value is -0.990. The molecular weight excluding hydrogens is 443 g/mol. The van der Waals surface area contributed by atoms with Crippen LogP contribution >= 0.6 is 53.7 Å². The summed E-state index contributed by atoms with van der Waals surface area (Å²) in [5, 5.41) is 4.98. The lowest BCUT2D eigenvalue weighted by molar-refractivity contribution is 0.562. The fraction of sp³-hybridized carbons (Fsp3) is 0.100. The highest BCUT2D eigenvalue weighted by molar-refractivity contribution is 7.76. The number of nitrogens with one attached hydrogen (secondary N) is 1. The molecule has 1 unspecified atom stereocenters.